The van der Waals surface area contributed by atoms with E-state index in [0.29, 0.717) is 17.4 Å². The summed E-state index contributed by atoms with van der Waals surface area (Å²) in [6.07, 6.45) is 4.77. The molecule has 0 saturated heterocycles. The van der Waals surface area contributed by atoms with Crippen molar-refractivity contribution >= 4 is 26.0 Å². The zero-order chi connectivity index (χ0) is 13.2. The Kier molecular flexibility index (Phi) is 4.45. The molecule has 0 aliphatic heterocycles. The highest BCUT2D eigenvalue weighted by Gasteiger charge is 2.25. The maximum Gasteiger partial charge on any atom is 0.242 e. The van der Waals surface area contributed by atoms with E-state index < -0.39 is 10.0 Å². The van der Waals surface area contributed by atoms with Crippen LogP contribution in [-0.4, -0.2) is 26.3 Å². The lowest BCUT2D eigenvalue weighted by atomic mass is 10.1. The fourth-order valence-corrected chi connectivity index (χ4v) is 4.31. The van der Waals surface area contributed by atoms with Gasteiger partial charge in [-0.15, -0.1) is 0 Å². The van der Waals surface area contributed by atoms with E-state index >= 15 is 0 Å². The van der Waals surface area contributed by atoms with Crippen molar-refractivity contribution in [1.82, 2.24) is 4.31 Å². The van der Waals surface area contributed by atoms with Crippen molar-refractivity contribution in [3.63, 3.8) is 0 Å². The number of benzene rings is 1. The quantitative estimate of drug-likeness (QED) is 0.849. The van der Waals surface area contributed by atoms with Crippen LogP contribution in [0.1, 0.15) is 25.7 Å². The van der Waals surface area contributed by atoms with E-state index in [2.05, 4.69) is 15.9 Å². The summed E-state index contributed by atoms with van der Waals surface area (Å²) in [5, 5.41) is 0. The molecular weight excluding hydrogens is 314 g/mol. The molecule has 0 N–H and O–H groups in total. The normalized spacial score (nSPS) is 17.5. The maximum atomic E-state index is 12.4. The van der Waals surface area contributed by atoms with Gasteiger partial charge in [-0.1, -0.05) is 34.8 Å². The Morgan fingerprint density at radius 2 is 2.00 bits per heavy atom. The third-order valence-electron chi connectivity index (χ3n) is 3.49. The Morgan fingerprint density at radius 3 is 2.61 bits per heavy atom. The topological polar surface area (TPSA) is 37.4 Å². The van der Waals surface area contributed by atoms with Crippen LogP contribution in [0.4, 0.5) is 0 Å². The Labute approximate surface area is 117 Å². The van der Waals surface area contributed by atoms with E-state index in [1.807, 2.05) is 6.07 Å². The molecule has 0 spiro atoms. The van der Waals surface area contributed by atoms with Gasteiger partial charge in [-0.2, -0.15) is 0 Å². The number of rotatable bonds is 4. The standard InChI is InChI=1S/C13H18BrNO2S/c1-15(10-11-5-2-3-6-11)18(16,17)13-8-4-7-12(14)9-13/h4,7-9,11H,2-3,5-6,10H2,1H3. The summed E-state index contributed by atoms with van der Waals surface area (Å²) >= 11 is 3.31. The summed E-state index contributed by atoms with van der Waals surface area (Å²) in [5.41, 5.74) is 0. The smallest absolute Gasteiger partial charge is 0.207 e. The van der Waals surface area contributed by atoms with E-state index in [-0.39, 0.29) is 0 Å². The van der Waals surface area contributed by atoms with Gasteiger partial charge in [-0.25, -0.2) is 12.7 Å². The monoisotopic (exact) mass is 331 g/mol. The van der Waals surface area contributed by atoms with Crippen LogP contribution in [0, 0.1) is 5.92 Å². The van der Waals surface area contributed by atoms with Gasteiger partial charge in [0.2, 0.25) is 10.0 Å². The Morgan fingerprint density at radius 1 is 1.33 bits per heavy atom. The van der Waals surface area contributed by atoms with Gasteiger partial charge < -0.3 is 0 Å². The van der Waals surface area contributed by atoms with Crippen LogP contribution in [0.25, 0.3) is 0 Å². The van der Waals surface area contributed by atoms with E-state index in [9.17, 15) is 8.42 Å². The summed E-state index contributed by atoms with van der Waals surface area (Å²) in [7, 11) is -1.67. The molecule has 0 radical (unpaired) electrons. The molecule has 1 aliphatic carbocycles. The van der Waals surface area contributed by atoms with Crippen molar-refractivity contribution in [2.24, 2.45) is 5.92 Å². The van der Waals surface area contributed by atoms with Crippen LogP contribution >= 0.6 is 15.9 Å². The summed E-state index contributed by atoms with van der Waals surface area (Å²) in [6.45, 7) is 0.634. The average molecular weight is 332 g/mol. The second-order valence-electron chi connectivity index (χ2n) is 4.89. The number of hydrogen-bond acceptors (Lipinski definition) is 2. The highest BCUT2D eigenvalue weighted by atomic mass is 79.9. The molecule has 0 amide bonds. The predicted octanol–water partition coefficient (Wildman–Crippen LogP) is 3.26. The molecule has 0 aromatic heterocycles. The number of hydrogen-bond donors (Lipinski definition) is 0. The van der Waals surface area contributed by atoms with E-state index in [4.69, 9.17) is 0 Å². The van der Waals surface area contributed by atoms with Crippen LogP contribution in [0.3, 0.4) is 0 Å². The first-order valence-corrected chi connectivity index (χ1v) is 8.45. The fourth-order valence-electron chi connectivity index (χ4n) is 2.46. The predicted molar refractivity (Wildman–Crippen MR) is 75.9 cm³/mol. The maximum absolute atomic E-state index is 12.4. The average Bonchev–Trinajstić information content (AvgIpc) is 2.81. The van der Waals surface area contributed by atoms with Gasteiger partial charge in [0.25, 0.3) is 0 Å². The third kappa shape index (κ3) is 3.13. The molecule has 0 heterocycles. The largest absolute Gasteiger partial charge is 0.242 e. The van der Waals surface area contributed by atoms with Crippen molar-refractivity contribution in [3.8, 4) is 0 Å². The fraction of sp³-hybridized carbons (Fsp3) is 0.538. The molecule has 18 heavy (non-hydrogen) atoms. The summed E-state index contributed by atoms with van der Waals surface area (Å²) < 4.78 is 27.0. The van der Waals surface area contributed by atoms with Gasteiger partial charge in [0, 0.05) is 18.1 Å². The second kappa shape index (κ2) is 5.72. The zero-order valence-corrected chi connectivity index (χ0v) is 12.9. The molecule has 0 bridgehead atoms. The van der Waals surface area contributed by atoms with Crippen molar-refractivity contribution in [2.75, 3.05) is 13.6 Å². The number of sulfonamides is 1. The molecule has 1 aromatic carbocycles. The first kappa shape index (κ1) is 14.0. The molecule has 0 unspecified atom stereocenters. The minimum Gasteiger partial charge on any atom is -0.207 e. The van der Waals surface area contributed by atoms with Gasteiger partial charge in [0.05, 0.1) is 4.90 Å². The van der Waals surface area contributed by atoms with Gasteiger partial charge in [0.1, 0.15) is 0 Å². The molecule has 100 valence electrons. The molecule has 0 atom stereocenters. The van der Waals surface area contributed by atoms with Crippen LogP contribution < -0.4 is 0 Å². The highest BCUT2D eigenvalue weighted by Crippen LogP contribution is 2.27. The van der Waals surface area contributed by atoms with Crippen molar-refractivity contribution < 1.29 is 8.42 Å². The first-order chi connectivity index (χ1) is 8.50. The van der Waals surface area contributed by atoms with E-state index in [0.717, 1.165) is 17.3 Å². The summed E-state index contributed by atoms with van der Waals surface area (Å²) in [6, 6.07) is 6.88. The third-order valence-corrected chi connectivity index (χ3v) is 5.81. The van der Waals surface area contributed by atoms with Crippen molar-refractivity contribution in [2.45, 2.75) is 30.6 Å². The molecule has 1 saturated carbocycles. The van der Waals surface area contributed by atoms with E-state index in [1.54, 1.807) is 25.2 Å². The minimum atomic E-state index is -3.35. The van der Waals surface area contributed by atoms with Crippen LogP contribution in [0.5, 0.6) is 0 Å². The molecule has 1 aliphatic rings. The Bertz CT molecular complexity index is 509. The molecule has 3 nitrogen and oxygen atoms in total. The zero-order valence-electron chi connectivity index (χ0n) is 10.5. The van der Waals surface area contributed by atoms with Gasteiger partial charge in [-0.05, 0) is 37.0 Å². The molecular formula is C13H18BrNO2S. The molecule has 1 aromatic rings. The van der Waals surface area contributed by atoms with Gasteiger partial charge in [-0.3, -0.25) is 0 Å². The van der Waals surface area contributed by atoms with Crippen LogP contribution in [0.2, 0.25) is 0 Å². The van der Waals surface area contributed by atoms with Crippen LogP contribution in [0.15, 0.2) is 33.6 Å². The minimum absolute atomic E-state index is 0.359. The summed E-state index contributed by atoms with van der Waals surface area (Å²) in [4.78, 5) is 0.359. The van der Waals surface area contributed by atoms with Gasteiger partial charge >= 0.3 is 0 Å². The van der Waals surface area contributed by atoms with Crippen LogP contribution in [-0.2, 0) is 10.0 Å². The molecule has 1 fully saturated rings. The highest BCUT2D eigenvalue weighted by molar-refractivity contribution is 9.10. The number of halogens is 1. The Balaban J connectivity index is 2.14. The Hall–Kier alpha value is -0.390. The lowest BCUT2D eigenvalue weighted by Gasteiger charge is -2.20. The first-order valence-electron chi connectivity index (χ1n) is 6.22. The van der Waals surface area contributed by atoms with E-state index in [1.165, 1.54) is 17.1 Å². The molecule has 2 rings (SSSR count). The lowest BCUT2D eigenvalue weighted by Crippen LogP contribution is -2.31. The SMILES string of the molecule is CN(CC1CCCC1)S(=O)(=O)c1cccc(Br)c1. The molecule has 5 heteroatoms. The second-order valence-corrected chi connectivity index (χ2v) is 7.85. The van der Waals surface area contributed by atoms with Crippen molar-refractivity contribution in [1.29, 1.82) is 0 Å². The summed E-state index contributed by atoms with van der Waals surface area (Å²) in [5.74, 6) is 0.525. The van der Waals surface area contributed by atoms with Crippen molar-refractivity contribution in [3.05, 3.63) is 28.7 Å². The lowest BCUT2D eigenvalue weighted by molar-refractivity contribution is 0.387. The number of nitrogens with zero attached hydrogens (tertiary/aromatic N) is 1. The van der Waals surface area contributed by atoms with Gasteiger partial charge in [0.15, 0.2) is 0 Å².